The van der Waals surface area contributed by atoms with Crippen LogP contribution >= 0.6 is 0 Å². The predicted octanol–water partition coefficient (Wildman–Crippen LogP) is 1.34. The molecule has 1 aliphatic heterocycles. The van der Waals surface area contributed by atoms with Gasteiger partial charge in [-0.3, -0.25) is 4.79 Å². The summed E-state index contributed by atoms with van der Waals surface area (Å²) in [4.78, 5) is 11.8. The summed E-state index contributed by atoms with van der Waals surface area (Å²) in [5.74, 6) is 0.453. The summed E-state index contributed by atoms with van der Waals surface area (Å²) in [6.07, 6.45) is 0.268. The molecule has 1 amide bonds. The third-order valence-corrected chi connectivity index (χ3v) is 3.94. The van der Waals surface area contributed by atoms with Gasteiger partial charge in [0, 0.05) is 19.6 Å². The van der Waals surface area contributed by atoms with Crippen molar-refractivity contribution in [3.8, 4) is 5.75 Å². The number of hydrogen-bond acceptors (Lipinski definition) is 4. The van der Waals surface area contributed by atoms with Gasteiger partial charge in [0.1, 0.15) is 11.4 Å². The molecule has 5 nitrogen and oxygen atoms in total. The first kappa shape index (κ1) is 15.8. The van der Waals surface area contributed by atoms with E-state index < -0.39 is 5.60 Å². The monoisotopic (exact) mass is 293 g/mol. The van der Waals surface area contributed by atoms with Crippen LogP contribution in [-0.2, 0) is 9.53 Å². The highest BCUT2D eigenvalue weighted by atomic mass is 16.5. The molecule has 0 spiro atoms. The van der Waals surface area contributed by atoms with Crippen molar-refractivity contribution in [1.29, 1.82) is 0 Å². The molecule has 2 unspecified atom stereocenters. The molecule has 1 aromatic carbocycles. The number of benzene rings is 1. The normalized spacial score (nSPS) is 24.9. The van der Waals surface area contributed by atoms with Crippen LogP contribution in [0.1, 0.15) is 24.5 Å². The fourth-order valence-corrected chi connectivity index (χ4v) is 2.41. The van der Waals surface area contributed by atoms with E-state index in [9.17, 15) is 9.90 Å². The maximum absolute atomic E-state index is 11.8. The molecule has 2 N–H and O–H groups in total. The largest absolute Gasteiger partial charge is 0.484 e. The molecule has 0 aliphatic carbocycles. The van der Waals surface area contributed by atoms with Gasteiger partial charge in [0.05, 0.1) is 6.10 Å². The lowest BCUT2D eigenvalue weighted by Crippen LogP contribution is -2.48. The van der Waals surface area contributed by atoms with Gasteiger partial charge in [0.2, 0.25) is 0 Å². The van der Waals surface area contributed by atoms with Crippen molar-refractivity contribution >= 4 is 5.91 Å². The Kier molecular flexibility index (Phi) is 4.85. The number of hydrogen-bond donors (Lipinski definition) is 2. The minimum Gasteiger partial charge on any atom is -0.484 e. The molecular formula is C16H23NO4. The second-order valence-electron chi connectivity index (χ2n) is 5.70. The molecule has 1 aliphatic rings. The average Bonchev–Trinajstić information content (AvgIpc) is 2.76. The second kappa shape index (κ2) is 6.45. The number of aliphatic hydroxyl groups is 1. The Hall–Kier alpha value is -1.59. The third-order valence-electron chi connectivity index (χ3n) is 3.94. The van der Waals surface area contributed by atoms with Gasteiger partial charge in [0.25, 0.3) is 5.91 Å². The summed E-state index contributed by atoms with van der Waals surface area (Å²) in [6, 6.07) is 5.81. The number of nitrogens with one attached hydrogen (secondary N) is 1. The van der Waals surface area contributed by atoms with Gasteiger partial charge >= 0.3 is 0 Å². The maximum atomic E-state index is 11.8. The molecular weight excluding hydrogens is 270 g/mol. The molecule has 5 heteroatoms. The smallest absolute Gasteiger partial charge is 0.258 e. The van der Waals surface area contributed by atoms with E-state index in [4.69, 9.17) is 9.47 Å². The molecule has 21 heavy (non-hydrogen) atoms. The Morgan fingerprint density at radius 1 is 1.52 bits per heavy atom. The Bertz CT molecular complexity index is 517. The fraction of sp³-hybridized carbons (Fsp3) is 0.562. The second-order valence-corrected chi connectivity index (χ2v) is 5.70. The fourth-order valence-electron chi connectivity index (χ4n) is 2.41. The van der Waals surface area contributed by atoms with Gasteiger partial charge in [-0.1, -0.05) is 17.7 Å². The SMILES string of the molecule is Cc1ccc(OCC(=O)NCC2(O)CCOC2C)c(C)c1. The molecule has 1 heterocycles. The lowest BCUT2D eigenvalue weighted by atomic mass is 9.97. The van der Waals surface area contributed by atoms with Crippen LogP contribution in [0.3, 0.4) is 0 Å². The maximum Gasteiger partial charge on any atom is 0.258 e. The summed E-state index contributed by atoms with van der Waals surface area (Å²) >= 11 is 0. The number of ether oxygens (including phenoxy) is 2. The third kappa shape index (κ3) is 3.95. The van der Waals surface area contributed by atoms with Crippen LogP contribution in [0.15, 0.2) is 18.2 Å². The van der Waals surface area contributed by atoms with Crippen LogP contribution in [0, 0.1) is 13.8 Å². The quantitative estimate of drug-likeness (QED) is 0.859. The summed E-state index contributed by atoms with van der Waals surface area (Å²) in [6.45, 7) is 6.41. The standard InChI is InChI=1S/C16H23NO4/c1-11-4-5-14(12(2)8-11)21-9-15(18)17-10-16(19)6-7-20-13(16)3/h4-5,8,13,19H,6-7,9-10H2,1-3H3,(H,17,18). The van der Waals surface area contributed by atoms with Crippen molar-refractivity contribution in [2.75, 3.05) is 19.8 Å². The van der Waals surface area contributed by atoms with Crippen LogP contribution in [0.2, 0.25) is 0 Å². The molecule has 1 fully saturated rings. The van der Waals surface area contributed by atoms with E-state index in [1.807, 2.05) is 39.0 Å². The molecule has 2 rings (SSSR count). The Labute approximate surface area is 125 Å². The highest BCUT2D eigenvalue weighted by Crippen LogP contribution is 2.24. The van der Waals surface area contributed by atoms with Crippen LogP contribution in [0.5, 0.6) is 5.75 Å². The number of rotatable bonds is 5. The predicted molar refractivity (Wildman–Crippen MR) is 79.4 cm³/mol. The first-order valence-corrected chi connectivity index (χ1v) is 7.21. The zero-order chi connectivity index (χ0) is 15.5. The Morgan fingerprint density at radius 3 is 2.90 bits per heavy atom. The van der Waals surface area contributed by atoms with Crippen LogP contribution in [0.25, 0.3) is 0 Å². The summed E-state index contributed by atoms with van der Waals surface area (Å²) in [5.41, 5.74) is 1.18. The molecule has 0 aromatic heterocycles. The minimum absolute atomic E-state index is 0.0603. The van der Waals surface area contributed by atoms with Crippen LogP contribution in [-0.4, -0.2) is 42.5 Å². The van der Waals surface area contributed by atoms with Gasteiger partial charge in [-0.05, 0) is 32.4 Å². The molecule has 0 radical (unpaired) electrons. The van der Waals surface area contributed by atoms with E-state index in [0.717, 1.165) is 11.1 Å². The van der Waals surface area contributed by atoms with E-state index in [2.05, 4.69) is 5.32 Å². The van der Waals surface area contributed by atoms with Crippen LogP contribution in [0.4, 0.5) is 0 Å². The van der Waals surface area contributed by atoms with E-state index in [1.165, 1.54) is 0 Å². The van der Waals surface area contributed by atoms with Crippen molar-refractivity contribution in [2.45, 2.75) is 38.9 Å². The first-order valence-electron chi connectivity index (χ1n) is 7.21. The van der Waals surface area contributed by atoms with Gasteiger partial charge in [-0.2, -0.15) is 0 Å². The van der Waals surface area contributed by atoms with Crippen molar-refractivity contribution < 1.29 is 19.4 Å². The topological polar surface area (TPSA) is 67.8 Å². The highest BCUT2D eigenvalue weighted by Gasteiger charge is 2.39. The van der Waals surface area contributed by atoms with Crippen molar-refractivity contribution in [2.24, 2.45) is 0 Å². The Balaban J connectivity index is 1.80. The van der Waals surface area contributed by atoms with Gasteiger partial charge < -0.3 is 19.9 Å². The van der Waals surface area contributed by atoms with E-state index >= 15 is 0 Å². The van der Waals surface area contributed by atoms with Crippen molar-refractivity contribution in [3.63, 3.8) is 0 Å². The zero-order valence-corrected chi connectivity index (χ0v) is 12.8. The summed E-state index contributed by atoms with van der Waals surface area (Å²) in [7, 11) is 0. The van der Waals surface area contributed by atoms with Crippen LogP contribution < -0.4 is 10.1 Å². The van der Waals surface area contributed by atoms with Gasteiger partial charge in [-0.15, -0.1) is 0 Å². The van der Waals surface area contributed by atoms with E-state index in [-0.39, 0.29) is 25.2 Å². The van der Waals surface area contributed by atoms with Crippen molar-refractivity contribution in [3.05, 3.63) is 29.3 Å². The molecule has 0 saturated carbocycles. The average molecular weight is 293 g/mol. The molecule has 1 saturated heterocycles. The lowest BCUT2D eigenvalue weighted by Gasteiger charge is -2.26. The Morgan fingerprint density at radius 2 is 2.29 bits per heavy atom. The lowest BCUT2D eigenvalue weighted by molar-refractivity contribution is -0.124. The van der Waals surface area contributed by atoms with Gasteiger partial charge in [-0.25, -0.2) is 0 Å². The van der Waals surface area contributed by atoms with E-state index in [0.29, 0.717) is 18.8 Å². The number of aryl methyl sites for hydroxylation is 2. The summed E-state index contributed by atoms with van der Waals surface area (Å²) < 4.78 is 10.8. The van der Waals surface area contributed by atoms with Gasteiger partial charge in [0.15, 0.2) is 6.61 Å². The summed E-state index contributed by atoms with van der Waals surface area (Å²) in [5, 5.41) is 13.0. The molecule has 1 aromatic rings. The number of carbonyl (C=O) groups excluding carboxylic acids is 1. The first-order chi connectivity index (χ1) is 9.90. The number of amides is 1. The molecule has 116 valence electrons. The zero-order valence-electron chi connectivity index (χ0n) is 12.8. The van der Waals surface area contributed by atoms with E-state index in [1.54, 1.807) is 0 Å². The minimum atomic E-state index is -0.977. The highest BCUT2D eigenvalue weighted by molar-refractivity contribution is 5.77. The number of carbonyl (C=O) groups is 1. The molecule has 2 atom stereocenters. The van der Waals surface area contributed by atoms with Crippen molar-refractivity contribution in [1.82, 2.24) is 5.32 Å². The molecule has 0 bridgehead atoms.